The molecule has 0 N–H and O–H groups in total. The van der Waals surface area contributed by atoms with Crippen LogP contribution in [0.15, 0.2) is 42.5 Å². The summed E-state index contributed by atoms with van der Waals surface area (Å²) in [5.41, 5.74) is 0.869. The van der Waals surface area contributed by atoms with Gasteiger partial charge in [0.1, 0.15) is 0 Å². The highest BCUT2D eigenvalue weighted by atomic mass is 32.2. The van der Waals surface area contributed by atoms with E-state index in [1.807, 2.05) is 14.1 Å². The molecule has 0 unspecified atom stereocenters. The molecule has 0 aromatic heterocycles. The Labute approximate surface area is 159 Å². The highest BCUT2D eigenvalue weighted by Crippen LogP contribution is 2.28. The number of benzene rings is 2. The lowest BCUT2D eigenvalue weighted by Crippen LogP contribution is -2.38. The second-order valence-corrected chi connectivity index (χ2v) is 8.09. The van der Waals surface area contributed by atoms with Crippen LogP contribution in [-0.2, 0) is 10.0 Å². The summed E-state index contributed by atoms with van der Waals surface area (Å²) in [6.45, 7) is 1.70. The number of amides is 1. The quantitative estimate of drug-likeness (QED) is 0.721. The van der Waals surface area contributed by atoms with E-state index in [4.69, 9.17) is 4.74 Å². The smallest absolute Gasteiger partial charge is 0.272 e. The molecule has 0 aliphatic rings. The van der Waals surface area contributed by atoms with Crippen molar-refractivity contribution in [1.82, 2.24) is 0 Å². The molecule has 0 radical (unpaired) electrons. The molecule has 0 aliphatic carbocycles. The van der Waals surface area contributed by atoms with Gasteiger partial charge in [0.25, 0.3) is 5.91 Å². The van der Waals surface area contributed by atoms with Crippen LogP contribution in [0.2, 0.25) is 0 Å². The van der Waals surface area contributed by atoms with Gasteiger partial charge >= 0.3 is 0 Å². The first-order valence-electron chi connectivity index (χ1n) is 8.39. The number of methoxy groups -OCH3 is 1. The van der Waals surface area contributed by atoms with E-state index < -0.39 is 21.7 Å². The maximum atomic E-state index is 14.2. The highest BCUT2D eigenvalue weighted by molar-refractivity contribution is 7.93. The molecule has 0 saturated carbocycles. The molecule has 6 nitrogen and oxygen atoms in total. The average molecular weight is 394 g/mol. The van der Waals surface area contributed by atoms with Gasteiger partial charge in [-0.1, -0.05) is 13.0 Å². The van der Waals surface area contributed by atoms with E-state index in [9.17, 15) is 17.6 Å². The van der Waals surface area contributed by atoms with Crippen molar-refractivity contribution in [2.24, 2.45) is 0 Å². The molecule has 27 heavy (non-hydrogen) atoms. The Kier molecular flexibility index (Phi) is 6.43. The molecule has 0 atom stereocenters. The Bertz CT molecular complexity index is 929. The molecule has 0 saturated heterocycles. The SMILES string of the molecule is CCCS(=O)(=O)N(C(=O)c1cccc(N(C)C)c1)c1ccc(OC)c(F)c1. The number of halogens is 1. The van der Waals surface area contributed by atoms with Crippen molar-refractivity contribution in [2.75, 3.05) is 36.2 Å². The molecule has 0 fully saturated rings. The second kappa shape index (κ2) is 8.39. The normalized spacial score (nSPS) is 11.1. The zero-order valence-electron chi connectivity index (χ0n) is 15.8. The van der Waals surface area contributed by atoms with Gasteiger partial charge in [0.05, 0.1) is 18.6 Å². The highest BCUT2D eigenvalue weighted by Gasteiger charge is 2.30. The van der Waals surface area contributed by atoms with Crippen LogP contribution < -0.4 is 13.9 Å². The molecule has 0 bridgehead atoms. The van der Waals surface area contributed by atoms with E-state index in [1.165, 1.54) is 25.3 Å². The first-order chi connectivity index (χ1) is 12.7. The summed E-state index contributed by atoms with van der Waals surface area (Å²) < 4.78 is 45.2. The predicted octanol–water partition coefficient (Wildman–Crippen LogP) is 3.29. The van der Waals surface area contributed by atoms with Gasteiger partial charge in [-0.05, 0) is 36.8 Å². The van der Waals surface area contributed by atoms with E-state index >= 15 is 0 Å². The van der Waals surface area contributed by atoms with Gasteiger partial charge in [0.2, 0.25) is 10.0 Å². The zero-order chi connectivity index (χ0) is 20.2. The molecule has 8 heteroatoms. The number of anilines is 2. The number of carbonyl (C=O) groups is 1. The number of carbonyl (C=O) groups excluding carboxylic acids is 1. The van der Waals surface area contributed by atoms with Crippen LogP contribution in [0.3, 0.4) is 0 Å². The summed E-state index contributed by atoms with van der Waals surface area (Å²) in [4.78, 5) is 14.9. The minimum Gasteiger partial charge on any atom is -0.494 e. The van der Waals surface area contributed by atoms with Gasteiger partial charge in [-0.3, -0.25) is 4.79 Å². The number of hydrogen-bond donors (Lipinski definition) is 0. The van der Waals surface area contributed by atoms with Crippen LogP contribution in [-0.4, -0.2) is 41.3 Å². The van der Waals surface area contributed by atoms with Crippen molar-refractivity contribution in [2.45, 2.75) is 13.3 Å². The lowest BCUT2D eigenvalue weighted by Gasteiger charge is -2.23. The van der Waals surface area contributed by atoms with Crippen LogP contribution in [0.5, 0.6) is 5.75 Å². The van der Waals surface area contributed by atoms with E-state index in [0.717, 1.165) is 11.8 Å². The van der Waals surface area contributed by atoms with Crippen LogP contribution in [0.25, 0.3) is 0 Å². The number of nitrogens with zero attached hydrogens (tertiary/aromatic N) is 2. The van der Waals surface area contributed by atoms with Crippen LogP contribution in [0.1, 0.15) is 23.7 Å². The van der Waals surface area contributed by atoms with E-state index in [2.05, 4.69) is 0 Å². The largest absolute Gasteiger partial charge is 0.494 e. The monoisotopic (exact) mass is 394 g/mol. The third kappa shape index (κ3) is 4.57. The Morgan fingerprint density at radius 2 is 1.81 bits per heavy atom. The summed E-state index contributed by atoms with van der Waals surface area (Å²) in [6.07, 6.45) is 0.322. The molecule has 2 aromatic rings. The topological polar surface area (TPSA) is 66.9 Å². The number of sulfonamides is 1. The van der Waals surface area contributed by atoms with Crippen molar-refractivity contribution in [3.63, 3.8) is 0 Å². The number of rotatable bonds is 7. The minimum absolute atomic E-state index is 0.0337. The van der Waals surface area contributed by atoms with Crippen LogP contribution in [0.4, 0.5) is 15.8 Å². The zero-order valence-corrected chi connectivity index (χ0v) is 16.6. The number of ether oxygens (including phenoxy) is 1. The van der Waals surface area contributed by atoms with E-state index in [-0.39, 0.29) is 22.8 Å². The lowest BCUT2D eigenvalue weighted by atomic mass is 10.1. The summed E-state index contributed by atoms with van der Waals surface area (Å²) in [5.74, 6) is -1.76. The minimum atomic E-state index is -3.98. The number of hydrogen-bond acceptors (Lipinski definition) is 5. The molecule has 0 aliphatic heterocycles. The Morgan fingerprint density at radius 3 is 2.37 bits per heavy atom. The Hall–Kier alpha value is -2.61. The van der Waals surface area contributed by atoms with Gasteiger partial charge in [-0.25, -0.2) is 17.1 Å². The van der Waals surface area contributed by atoms with Gasteiger partial charge in [0, 0.05) is 31.4 Å². The predicted molar refractivity (Wildman–Crippen MR) is 105 cm³/mol. The standard InChI is InChI=1S/C19H23FN2O4S/c1-5-11-27(24,25)22(16-9-10-18(26-4)17(20)13-16)19(23)14-7-6-8-15(12-14)21(2)3/h6-10,12-13H,5,11H2,1-4H3. The average Bonchev–Trinajstić information content (AvgIpc) is 2.61. The first kappa shape index (κ1) is 20.7. The van der Waals surface area contributed by atoms with Gasteiger partial charge in [-0.2, -0.15) is 0 Å². The van der Waals surface area contributed by atoms with Gasteiger partial charge in [-0.15, -0.1) is 0 Å². The summed E-state index contributed by atoms with van der Waals surface area (Å²) in [5, 5.41) is 0. The van der Waals surface area contributed by atoms with Crippen molar-refractivity contribution < 1.29 is 22.3 Å². The van der Waals surface area contributed by atoms with Crippen LogP contribution >= 0.6 is 0 Å². The summed E-state index contributed by atoms with van der Waals surface area (Å²) >= 11 is 0. The van der Waals surface area contributed by atoms with Crippen molar-refractivity contribution >= 4 is 27.3 Å². The van der Waals surface area contributed by atoms with Gasteiger partial charge < -0.3 is 9.64 Å². The molecule has 0 spiro atoms. The molecule has 0 heterocycles. The summed E-state index contributed by atoms with van der Waals surface area (Å²) in [6, 6.07) is 10.2. The van der Waals surface area contributed by atoms with Crippen molar-refractivity contribution in [3.8, 4) is 5.75 Å². The van der Waals surface area contributed by atoms with Crippen LogP contribution in [0, 0.1) is 5.82 Å². The maximum Gasteiger partial charge on any atom is 0.272 e. The fraction of sp³-hybridized carbons (Fsp3) is 0.316. The van der Waals surface area contributed by atoms with Crippen molar-refractivity contribution in [3.05, 3.63) is 53.8 Å². The summed E-state index contributed by atoms with van der Waals surface area (Å²) in [7, 11) is 0.955. The fourth-order valence-electron chi connectivity index (χ4n) is 2.57. The van der Waals surface area contributed by atoms with E-state index in [0.29, 0.717) is 10.7 Å². The molecule has 146 valence electrons. The Morgan fingerprint density at radius 1 is 1.11 bits per heavy atom. The maximum absolute atomic E-state index is 14.2. The molecular weight excluding hydrogens is 371 g/mol. The molecular formula is C19H23FN2O4S. The van der Waals surface area contributed by atoms with Crippen molar-refractivity contribution in [1.29, 1.82) is 0 Å². The fourth-order valence-corrected chi connectivity index (χ4v) is 4.06. The second-order valence-electron chi connectivity index (χ2n) is 6.15. The molecule has 2 rings (SSSR count). The third-order valence-electron chi connectivity index (χ3n) is 3.90. The first-order valence-corrected chi connectivity index (χ1v) is 10.0. The van der Waals surface area contributed by atoms with Gasteiger partial charge in [0.15, 0.2) is 11.6 Å². The Balaban J connectivity index is 2.58. The lowest BCUT2D eigenvalue weighted by molar-refractivity contribution is 0.101. The third-order valence-corrected chi connectivity index (χ3v) is 5.76. The van der Waals surface area contributed by atoms with E-state index in [1.54, 1.807) is 30.0 Å². The molecule has 2 aromatic carbocycles. The molecule has 1 amide bonds.